The van der Waals surface area contributed by atoms with E-state index in [1.807, 2.05) is 11.3 Å². The molecule has 3 rings (SSSR count). The predicted octanol–water partition coefficient (Wildman–Crippen LogP) is 4.28. The number of nitrogens with zero attached hydrogens (tertiary/aromatic N) is 2. The molecule has 2 fully saturated rings. The van der Waals surface area contributed by atoms with E-state index >= 15 is 0 Å². The summed E-state index contributed by atoms with van der Waals surface area (Å²) in [6.45, 7) is 8.83. The second-order valence-electron chi connectivity index (χ2n) is 6.67. The van der Waals surface area contributed by atoms with Crippen LogP contribution in [0.2, 0.25) is 0 Å². The van der Waals surface area contributed by atoms with Crippen molar-refractivity contribution >= 4 is 16.5 Å². The number of hydrogen-bond donors (Lipinski definition) is 1. The van der Waals surface area contributed by atoms with Crippen LogP contribution in [0.15, 0.2) is 0 Å². The van der Waals surface area contributed by atoms with Gasteiger partial charge in [-0.15, -0.1) is 11.3 Å². The Kier molecular flexibility index (Phi) is 4.85. The Labute approximate surface area is 133 Å². The van der Waals surface area contributed by atoms with Gasteiger partial charge in [-0.3, -0.25) is 0 Å². The molecule has 1 aromatic rings. The summed E-state index contributed by atoms with van der Waals surface area (Å²) in [7, 11) is 0. The van der Waals surface area contributed by atoms with Gasteiger partial charge in [-0.2, -0.15) is 0 Å². The summed E-state index contributed by atoms with van der Waals surface area (Å²) in [4.78, 5) is 8.98. The number of aromatic nitrogens is 1. The molecular formula is C17H29N3S. The first-order chi connectivity index (χ1) is 10.2. The average Bonchev–Trinajstić information content (AvgIpc) is 3.18. The third-order valence-electron chi connectivity index (χ3n) is 5.21. The largest absolute Gasteiger partial charge is 0.345 e. The third kappa shape index (κ3) is 3.11. The number of hydrogen-bond acceptors (Lipinski definition) is 4. The zero-order valence-corrected chi connectivity index (χ0v) is 14.5. The Morgan fingerprint density at radius 2 is 2.05 bits per heavy atom. The van der Waals surface area contributed by atoms with E-state index < -0.39 is 0 Å². The number of rotatable bonds is 5. The lowest BCUT2D eigenvalue weighted by Crippen LogP contribution is -2.34. The maximum absolute atomic E-state index is 4.92. The fourth-order valence-electron chi connectivity index (χ4n) is 4.18. The third-order valence-corrected chi connectivity index (χ3v) is 6.59. The predicted molar refractivity (Wildman–Crippen MR) is 91.3 cm³/mol. The molecule has 0 amide bonds. The lowest BCUT2D eigenvalue weighted by atomic mass is 9.96. The number of nitrogens with one attached hydrogen (secondary N) is 1. The van der Waals surface area contributed by atoms with Crippen LogP contribution in [0.3, 0.4) is 0 Å². The van der Waals surface area contributed by atoms with E-state index in [1.54, 1.807) is 0 Å². The van der Waals surface area contributed by atoms with Crippen molar-refractivity contribution in [2.45, 2.75) is 71.4 Å². The highest BCUT2D eigenvalue weighted by Crippen LogP contribution is 2.40. The van der Waals surface area contributed by atoms with Gasteiger partial charge in [-0.05, 0) is 52.0 Å². The van der Waals surface area contributed by atoms with Crippen LogP contribution in [0, 0.1) is 12.8 Å². The molecule has 1 N–H and O–H groups in total. The minimum absolute atomic E-state index is 0.425. The highest BCUT2D eigenvalue weighted by atomic mass is 32.1. The smallest absolute Gasteiger partial charge is 0.186 e. The fraction of sp³-hybridized carbons (Fsp3) is 0.824. The number of aryl methyl sites for hydroxylation is 1. The molecule has 1 aliphatic carbocycles. The van der Waals surface area contributed by atoms with Crippen molar-refractivity contribution in [1.82, 2.24) is 10.3 Å². The standard InChI is InChI=1S/C17H29N3S/c1-4-18-12(2)16-13(3)19-17(21-16)20-11-7-10-15(20)14-8-5-6-9-14/h12,14-15,18H,4-11H2,1-3H3. The first-order valence-corrected chi connectivity index (χ1v) is 9.49. The van der Waals surface area contributed by atoms with E-state index in [-0.39, 0.29) is 0 Å². The van der Waals surface area contributed by atoms with Gasteiger partial charge >= 0.3 is 0 Å². The Morgan fingerprint density at radius 1 is 1.29 bits per heavy atom. The zero-order chi connectivity index (χ0) is 14.8. The van der Waals surface area contributed by atoms with E-state index in [0.717, 1.165) is 18.5 Å². The molecule has 1 aliphatic heterocycles. The van der Waals surface area contributed by atoms with Crippen molar-refractivity contribution in [3.8, 4) is 0 Å². The molecule has 1 saturated carbocycles. The molecule has 0 bridgehead atoms. The van der Waals surface area contributed by atoms with Gasteiger partial charge in [-0.1, -0.05) is 19.8 Å². The summed E-state index contributed by atoms with van der Waals surface area (Å²) in [5.41, 5.74) is 1.22. The molecular weight excluding hydrogens is 278 g/mol. The molecule has 118 valence electrons. The second-order valence-corrected chi connectivity index (χ2v) is 7.68. The highest BCUT2D eigenvalue weighted by Gasteiger charge is 2.35. The molecule has 2 unspecified atom stereocenters. The minimum atomic E-state index is 0.425. The van der Waals surface area contributed by atoms with Crippen LogP contribution in [-0.2, 0) is 0 Å². The minimum Gasteiger partial charge on any atom is -0.345 e. The molecule has 1 aromatic heterocycles. The van der Waals surface area contributed by atoms with Crippen molar-refractivity contribution in [3.63, 3.8) is 0 Å². The molecule has 2 heterocycles. The Hall–Kier alpha value is -0.610. The van der Waals surface area contributed by atoms with Crippen LogP contribution in [0.1, 0.15) is 69.0 Å². The van der Waals surface area contributed by atoms with Crippen LogP contribution in [0.5, 0.6) is 0 Å². The van der Waals surface area contributed by atoms with E-state index in [0.29, 0.717) is 6.04 Å². The molecule has 4 heteroatoms. The summed E-state index contributed by atoms with van der Waals surface area (Å²) >= 11 is 1.92. The monoisotopic (exact) mass is 307 g/mol. The van der Waals surface area contributed by atoms with Crippen molar-refractivity contribution in [1.29, 1.82) is 0 Å². The molecule has 3 nitrogen and oxygen atoms in total. The van der Waals surface area contributed by atoms with Gasteiger partial charge in [-0.25, -0.2) is 4.98 Å². The first kappa shape index (κ1) is 15.3. The normalized spacial score (nSPS) is 24.9. The van der Waals surface area contributed by atoms with E-state index in [1.165, 1.54) is 60.8 Å². The maximum Gasteiger partial charge on any atom is 0.186 e. The molecule has 2 aliphatic rings. The lowest BCUT2D eigenvalue weighted by molar-refractivity contribution is 0.430. The lowest BCUT2D eigenvalue weighted by Gasteiger charge is -2.29. The summed E-state index contributed by atoms with van der Waals surface area (Å²) in [5, 5.41) is 4.80. The Bertz CT molecular complexity index is 465. The van der Waals surface area contributed by atoms with Crippen LogP contribution in [0.4, 0.5) is 5.13 Å². The number of thiazole rings is 1. The summed E-state index contributed by atoms with van der Waals surface area (Å²) < 4.78 is 0. The van der Waals surface area contributed by atoms with E-state index in [4.69, 9.17) is 4.98 Å². The molecule has 21 heavy (non-hydrogen) atoms. The first-order valence-electron chi connectivity index (χ1n) is 8.68. The molecule has 2 atom stereocenters. The van der Waals surface area contributed by atoms with Gasteiger partial charge in [0.05, 0.1) is 5.69 Å². The summed E-state index contributed by atoms with van der Waals surface area (Å²) in [5.74, 6) is 0.923. The number of anilines is 1. The maximum atomic E-state index is 4.92. The quantitative estimate of drug-likeness (QED) is 0.880. The fourth-order valence-corrected chi connectivity index (χ4v) is 5.36. The van der Waals surface area contributed by atoms with Crippen LogP contribution in [-0.4, -0.2) is 24.1 Å². The molecule has 0 aromatic carbocycles. The average molecular weight is 308 g/mol. The Balaban J connectivity index is 1.77. The molecule has 0 spiro atoms. The van der Waals surface area contributed by atoms with Gasteiger partial charge < -0.3 is 10.2 Å². The van der Waals surface area contributed by atoms with Crippen LogP contribution >= 0.6 is 11.3 Å². The summed E-state index contributed by atoms with van der Waals surface area (Å²) in [6, 6.07) is 1.19. The highest BCUT2D eigenvalue weighted by molar-refractivity contribution is 7.15. The van der Waals surface area contributed by atoms with Gasteiger partial charge in [0.2, 0.25) is 0 Å². The van der Waals surface area contributed by atoms with Gasteiger partial charge in [0, 0.05) is 23.5 Å². The van der Waals surface area contributed by atoms with Crippen LogP contribution < -0.4 is 10.2 Å². The second kappa shape index (κ2) is 6.66. The van der Waals surface area contributed by atoms with Crippen molar-refractivity contribution in [2.24, 2.45) is 5.92 Å². The van der Waals surface area contributed by atoms with Crippen molar-refractivity contribution in [2.75, 3.05) is 18.0 Å². The molecule has 0 radical (unpaired) electrons. The van der Waals surface area contributed by atoms with Crippen molar-refractivity contribution < 1.29 is 0 Å². The Morgan fingerprint density at radius 3 is 2.76 bits per heavy atom. The van der Waals surface area contributed by atoms with E-state index in [9.17, 15) is 0 Å². The zero-order valence-electron chi connectivity index (χ0n) is 13.7. The van der Waals surface area contributed by atoms with Gasteiger partial charge in [0.1, 0.15) is 0 Å². The van der Waals surface area contributed by atoms with Crippen molar-refractivity contribution in [3.05, 3.63) is 10.6 Å². The van der Waals surface area contributed by atoms with Crippen LogP contribution in [0.25, 0.3) is 0 Å². The van der Waals surface area contributed by atoms with E-state index in [2.05, 4.69) is 31.0 Å². The van der Waals surface area contributed by atoms with Gasteiger partial charge in [0.15, 0.2) is 5.13 Å². The SMILES string of the molecule is CCNC(C)c1sc(N2CCCC2C2CCCC2)nc1C. The summed E-state index contributed by atoms with van der Waals surface area (Å²) in [6.07, 6.45) is 8.47. The topological polar surface area (TPSA) is 28.2 Å². The van der Waals surface area contributed by atoms with Gasteiger partial charge in [0.25, 0.3) is 0 Å². The molecule has 1 saturated heterocycles.